The third kappa shape index (κ3) is 27.3. The summed E-state index contributed by atoms with van der Waals surface area (Å²) in [7, 11) is 0. The molecule has 3 N–H and O–H groups in total. The fourth-order valence-corrected chi connectivity index (χ4v) is 4.36. The Kier molecular flexibility index (Phi) is 33.0. The monoisotopic (exact) mass is 1150 g/mol. The highest BCUT2D eigenvalue weighted by molar-refractivity contribution is 14.1. The van der Waals surface area contributed by atoms with Gasteiger partial charge in [-0.1, -0.05) is 37.8 Å². The van der Waals surface area contributed by atoms with Crippen molar-refractivity contribution in [3.63, 3.8) is 0 Å². The number of unbranched alkanes of at least 4 members (excludes halogenated alkanes) is 3. The van der Waals surface area contributed by atoms with E-state index < -0.39 is 39.8 Å². The van der Waals surface area contributed by atoms with Crippen LogP contribution < -0.4 is 11.1 Å². The minimum Gasteiger partial charge on any atom is -0.463 e. The van der Waals surface area contributed by atoms with Crippen LogP contribution in [0.2, 0.25) is 0 Å². The van der Waals surface area contributed by atoms with Crippen molar-refractivity contribution in [2.45, 2.75) is 51.4 Å². The van der Waals surface area contributed by atoms with E-state index in [2.05, 4.69) is 47.2 Å². The lowest BCUT2D eigenvalue weighted by molar-refractivity contribution is -1.59. The molecule has 0 aliphatic carbocycles. The molecule has 0 bridgehead atoms. The van der Waals surface area contributed by atoms with Gasteiger partial charge in [0.2, 0.25) is 0 Å². The lowest BCUT2D eigenvalue weighted by atomic mass is 10.2. The predicted molar refractivity (Wildman–Crippen MR) is 222 cm³/mol. The summed E-state index contributed by atoms with van der Waals surface area (Å²) < 4.78 is 34.9. The molecule has 1 rings (SSSR count). The van der Waals surface area contributed by atoms with Gasteiger partial charge in [0, 0.05) is 75.7 Å². The van der Waals surface area contributed by atoms with Crippen molar-refractivity contribution in [2.24, 2.45) is 0 Å². The Morgan fingerprint density at radius 2 is 1.16 bits per heavy atom. The smallest absolute Gasteiger partial charge is 0.330 e. The maximum absolute atomic E-state index is 11.8. The van der Waals surface area contributed by atoms with E-state index in [9.17, 15) is 29.2 Å². The van der Waals surface area contributed by atoms with Crippen LogP contribution in [0, 0.1) is 0 Å². The zero-order valence-corrected chi connectivity index (χ0v) is 39.0. The van der Waals surface area contributed by atoms with E-state index in [1.54, 1.807) is 0 Å². The lowest BCUT2D eigenvalue weighted by Crippen LogP contribution is -2.68. The highest BCUT2D eigenvalue weighted by Gasteiger charge is 2.58. The van der Waals surface area contributed by atoms with Crippen LogP contribution in [-0.2, 0) is 93.5 Å². The summed E-state index contributed by atoms with van der Waals surface area (Å²) >= 11 is 2.59. The number of ether oxygens (including phenoxy) is 5. The van der Waals surface area contributed by atoms with Gasteiger partial charge in [0.25, 0.3) is 0 Å². The molecule has 0 radical (unpaired) electrons. The van der Waals surface area contributed by atoms with Gasteiger partial charge in [0.1, 0.15) is 61.7 Å². The SMILES string of the molecule is C=CC(=O)OCCCCC[N+]1(ONCCCOC(=O)C=C)ONON(CCCOC(=O)C=C)O[N+](CCCCOC(=O)C=C)(ON(CCCOC(=O)C=C)ON(OI)ON(O)OI)O1. The fourth-order valence-electron chi connectivity index (χ4n) is 4.14. The second-order valence-electron chi connectivity index (χ2n) is 11.7. The Balaban J connectivity index is 3.80. The molecule has 64 heavy (non-hydrogen) atoms. The van der Waals surface area contributed by atoms with Gasteiger partial charge in [-0.25, -0.2) is 24.0 Å². The minimum absolute atomic E-state index is 0.0238. The Labute approximate surface area is 395 Å². The molecule has 0 aromatic heterocycles. The molecule has 0 spiro atoms. The maximum atomic E-state index is 11.8. The van der Waals surface area contributed by atoms with E-state index in [4.69, 9.17) is 66.4 Å². The lowest BCUT2D eigenvalue weighted by Gasteiger charge is -2.37. The molecule has 0 saturated carbocycles. The molecule has 1 fully saturated rings. The number of rotatable bonds is 38. The number of nitrogens with zero attached hydrogens (tertiary/aromatic N) is 6. The molecular formula is C33H54I2N8O21+2. The van der Waals surface area contributed by atoms with Crippen molar-refractivity contribution in [1.29, 1.82) is 0 Å². The van der Waals surface area contributed by atoms with Crippen molar-refractivity contribution in [2.75, 3.05) is 65.8 Å². The number of hydroxylamine groups is 11. The van der Waals surface area contributed by atoms with Gasteiger partial charge >= 0.3 is 29.8 Å². The van der Waals surface area contributed by atoms with Gasteiger partial charge in [0.05, 0.1) is 46.1 Å². The van der Waals surface area contributed by atoms with Crippen molar-refractivity contribution < 1.29 is 109 Å². The van der Waals surface area contributed by atoms with Crippen molar-refractivity contribution in [3.05, 3.63) is 63.3 Å². The summed E-state index contributed by atoms with van der Waals surface area (Å²) in [5, 5.41) is 11.2. The second-order valence-corrected chi connectivity index (χ2v) is 12.5. The molecule has 0 aromatic rings. The molecule has 1 heterocycles. The Bertz CT molecular complexity index is 1430. The summed E-state index contributed by atoms with van der Waals surface area (Å²) in [6, 6.07) is 0. The van der Waals surface area contributed by atoms with Crippen molar-refractivity contribution >= 4 is 75.9 Å². The highest BCUT2D eigenvalue weighted by atomic mass is 127. The number of quaternary nitrogens is 2. The third-order valence-electron chi connectivity index (χ3n) is 6.96. The van der Waals surface area contributed by atoms with Gasteiger partial charge in [0.15, 0.2) is 23.0 Å². The summed E-state index contributed by atoms with van der Waals surface area (Å²) in [6.07, 6.45) is 6.34. The fraction of sp³-hybridized carbons (Fsp3) is 0.545. The topological polar surface area (TPSA) is 281 Å². The van der Waals surface area contributed by atoms with Crippen LogP contribution in [0.1, 0.15) is 51.4 Å². The molecule has 0 amide bonds. The van der Waals surface area contributed by atoms with Crippen LogP contribution in [0.4, 0.5) is 0 Å². The maximum Gasteiger partial charge on any atom is 0.330 e. The summed E-state index contributed by atoms with van der Waals surface area (Å²) in [6.45, 7) is 15.2. The van der Waals surface area contributed by atoms with E-state index in [1.807, 2.05) is 0 Å². The summed E-state index contributed by atoms with van der Waals surface area (Å²) in [4.78, 5) is 102. The summed E-state index contributed by atoms with van der Waals surface area (Å²) in [5.74, 6) is -3.37. The average molecular weight is 1150 g/mol. The second kappa shape index (κ2) is 35.9. The van der Waals surface area contributed by atoms with Crippen LogP contribution in [0.5, 0.6) is 0 Å². The van der Waals surface area contributed by atoms with Crippen LogP contribution in [0.15, 0.2) is 63.3 Å². The third-order valence-corrected chi connectivity index (χ3v) is 7.62. The zero-order chi connectivity index (χ0) is 47.5. The molecule has 1 aliphatic heterocycles. The number of halogens is 2. The summed E-state index contributed by atoms with van der Waals surface area (Å²) in [5.41, 5.74) is 4.89. The number of esters is 5. The highest BCUT2D eigenvalue weighted by Crippen LogP contribution is 2.28. The van der Waals surface area contributed by atoms with E-state index in [-0.39, 0.29) is 115 Å². The quantitative estimate of drug-likeness (QED) is 0.0152. The Morgan fingerprint density at radius 1 is 0.656 bits per heavy atom. The van der Waals surface area contributed by atoms with E-state index in [1.165, 1.54) is 46.0 Å². The number of carbonyl (C=O) groups excluding carboxylic acids is 5. The van der Waals surface area contributed by atoms with Gasteiger partial charge < -0.3 is 23.7 Å². The first kappa shape index (κ1) is 58.8. The number of hydrogen-bond donors (Lipinski definition) is 3. The van der Waals surface area contributed by atoms with Crippen molar-refractivity contribution in [3.8, 4) is 0 Å². The Morgan fingerprint density at radius 3 is 1.70 bits per heavy atom. The normalized spacial score (nSPS) is 17.8. The molecule has 1 saturated heterocycles. The first-order chi connectivity index (χ1) is 30.8. The molecule has 31 heteroatoms. The molecule has 0 aromatic carbocycles. The largest absolute Gasteiger partial charge is 0.463 e. The molecule has 29 nitrogen and oxygen atoms in total. The van der Waals surface area contributed by atoms with Gasteiger partial charge in [-0.15, -0.1) is 15.4 Å². The number of carbonyl (C=O) groups is 5. The van der Waals surface area contributed by atoms with Crippen LogP contribution in [0.25, 0.3) is 0 Å². The zero-order valence-electron chi connectivity index (χ0n) is 34.7. The standard InChI is InChI=1S/C33H54I2N8O21/c1-6-29(44)50-24-14-11-12-22-42(58-36-19-16-26-52-31(46)8-3)59-37-57-38(20-17-27-53-32(47)9-4)62-43(64-42,23-13-15-25-51-30(45)7-2)63-39(21-18-28-54-33(48)10-5)60-41(56-35)61-40(49)55-34/h6-10,36-37,49H,1-5,11-28H2/q+2. The minimum atomic E-state index is -1.56. The first-order valence-electron chi connectivity index (χ1n) is 18.9. The van der Waals surface area contributed by atoms with Crippen LogP contribution >= 0.6 is 46.0 Å². The predicted octanol–water partition coefficient (Wildman–Crippen LogP) is 2.51. The Hall–Kier alpha value is -3.25. The van der Waals surface area contributed by atoms with Gasteiger partial charge in [-0.05, 0) is 48.4 Å². The average Bonchev–Trinajstić information content (AvgIpc) is 3.29. The number of nitrogens with one attached hydrogen (secondary N) is 2. The van der Waals surface area contributed by atoms with Gasteiger partial charge in [-0.2, -0.15) is 6.33 Å². The molecule has 2 atom stereocenters. The van der Waals surface area contributed by atoms with E-state index >= 15 is 0 Å². The number of hydrogen-bond acceptors (Lipinski definition) is 27. The van der Waals surface area contributed by atoms with E-state index in [0.717, 1.165) is 35.6 Å². The van der Waals surface area contributed by atoms with Crippen LogP contribution in [-0.4, -0.2) is 132 Å². The van der Waals surface area contributed by atoms with Gasteiger partial charge in [-0.3, -0.25) is 5.21 Å². The molecule has 364 valence electrons. The van der Waals surface area contributed by atoms with E-state index in [0.29, 0.717) is 18.1 Å². The molecule has 1 aliphatic rings. The molecule has 2 unspecified atom stereocenters. The first-order valence-corrected chi connectivity index (χ1v) is 20.7. The molecular weight excluding hydrogens is 1100 g/mol. The van der Waals surface area contributed by atoms with Crippen LogP contribution in [0.3, 0.4) is 0 Å². The van der Waals surface area contributed by atoms with Crippen molar-refractivity contribution in [1.82, 2.24) is 32.4 Å².